The van der Waals surface area contributed by atoms with E-state index >= 15 is 0 Å². The van der Waals surface area contributed by atoms with Crippen LogP contribution in [0.15, 0.2) is 28.7 Å². The third-order valence-corrected chi connectivity index (χ3v) is 3.79. The number of rotatable bonds is 6. The fourth-order valence-corrected chi connectivity index (χ4v) is 2.37. The minimum atomic E-state index is -0.994. The van der Waals surface area contributed by atoms with Crippen molar-refractivity contribution in [3.8, 4) is 0 Å². The first-order valence-corrected chi connectivity index (χ1v) is 6.95. The van der Waals surface area contributed by atoms with Crippen molar-refractivity contribution in [1.29, 1.82) is 0 Å². The number of aliphatic carboxylic acids is 1. The molecule has 5 heteroatoms. The van der Waals surface area contributed by atoms with Gasteiger partial charge in [-0.2, -0.15) is 0 Å². The van der Waals surface area contributed by atoms with Crippen molar-refractivity contribution < 1.29 is 14.7 Å². The minimum absolute atomic E-state index is 0.124. The minimum Gasteiger partial charge on any atom is -0.480 e. The van der Waals surface area contributed by atoms with E-state index in [0.717, 1.165) is 10.0 Å². The van der Waals surface area contributed by atoms with Gasteiger partial charge in [-0.1, -0.05) is 41.1 Å². The fraction of sp³-hybridized carbons (Fsp3) is 0.429. The average molecular weight is 328 g/mol. The molecule has 0 aliphatic rings. The standard InChI is InChI=1S/C14H18BrNO3/c1-3-10(14(19)16(2)9-13(17)18)8-11-6-4-5-7-12(11)15/h4-7,10H,3,8-9H2,1-2H3,(H,17,18). The van der Waals surface area contributed by atoms with E-state index in [1.54, 1.807) is 0 Å². The normalized spacial score (nSPS) is 11.9. The molecule has 1 N–H and O–H groups in total. The molecule has 0 bridgehead atoms. The molecule has 1 atom stereocenters. The van der Waals surface area contributed by atoms with E-state index in [0.29, 0.717) is 12.8 Å². The zero-order valence-corrected chi connectivity index (χ0v) is 12.7. The van der Waals surface area contributed by atoms with Gasteiger partial charge in [0, 0.05) is 17.4 Å². The largest absolute Gasteiger partial charge is 0.480 e. The van der Waals surface area contributed by atoms with Gasteiger partial charge < -0.3 is 10.0 Å². The summed E-state index contributed by atoms with van der Waals surface area (Å²) in [5.74, 6) is -1.31. The van der Waals surface area contributed by atoms with E-state index in [1.807, 2.05) is 31.2 Å². The molecule has 0 aliphatic carbocycles. The second-order valence-corrected chi connectivity index (χ2v) is 5.34. The van der Waals surface area contributed by atoms with Crippen LogP contribution in [0.3, 0.4) is 0 Å². The molecular formula is C14H18BrNO3. The number of carboxylic acid groups (broad SMARTS) is 1. The summed E-state index contributed by atoms with van der Waals surface area (Å²) in [5, 5.41) is 8.72. The lowest BCUT2D eigenvalue weighted by molar-refractivity contribution is -0.145. The van der Waals surface area contributed by atoms with Crippen LogP contribution in [0.2, 0.25) is 0 Å². The predicted molar refractivity (Wildman–Crippen MR) is 76.9 cm³/mol. The quantitative estimate of drug-likeness (QED) is 0.873. The first-order valence-electron chi connectivity index (χ1n) is 6.15. The molecule has 0 aromatic heterocycles. The van der Waals surface area contributed by atoms with E-state index in [-0.39, 0.29) is 18.4 Å². The van der Waals surface area contributed by atoms with Crippen molar-refractivity contribution in [3.63, 3.8) is 0 Å². The number of hydrogen-bond donors (Lipinski definition) is 1. The Hall–Kier alpha value is -1.36. The van der Waals surface area contributed by atoms with Crippen LogP contribution in [0.1, 0.15) is 18.9 Å². The molecule has 1 aromatic carbocycles. The Balaban J connectivity index is 2.75. The molecule has 1 aromatic rings. The van der Waals surface area contributed by atoms with E-state index in [4.69, 9.17) is 5.11 Å². The Morgan fingerprint density at radius 1 is 1.37 bits per heavy atom. The summed E-state index contributed by atoms with van der Waals surface area (Å²) in [6.45, 7) is 1.68. The molecule has 0 aliphatic heterocycles. The first-order chi connectivity index (χ1) is 8.95. The van der Waals surface area contributed by atoms with Crippen LogP contribution >= 0.6 is 15.9 Å². The van der Waals surface area contributed by atoms with Crippen molar-refractivity contribution >= 4 is 27.8 Å². The topological polar surface area (TPSA) is 57.6 Å². The van der Waals surface area contributed by atoms with Crippen molar-refractivity contribution in [3.05, 3.63) is 34.3 Å². The van der Waals surface area contributed by atoms with Gasteiger partial charge in [-0.25, -0.2) is 0 Å². The summed E-state index contributed by atoms with van der Waals surface area (Å²) in [6, 6.07) is 7.76. The number of nitrogens with zero attached hydrogens (tertiary/aromatic N) is 1. The molecule has 0 saturated heterocycles. The molecule has 1 amide bonds. The fourth-order valence-electron chi connectivity index (χ4n) is 1.93. The Morgan fingerprint density at radius 3 is 2.53 bits per heavy atom. The van der Waals surface area contributed by atoms with Crippen molar-refractivity contribution in [2.45, 2.75) is 19.8 Å². The van der Waals surface area contributed by atoms with Crippen LogP contribution in [0.4, 0.5) is 0 Å². The van der Waals surface area contributed by atoms with Gasteiger partial charge in [0.1, 0.15) is 6.54 Å². The van der Waals surface area contributed by atoms with Crippen molar-refractivity contribution in [2.24, 2.45) is 5.92 Å². The lowest BCUT2D eigenvalue weighted by atomic mass is 9.95. The second kappa shape index (κ2) is 7.28. The molecule has 0 radical (unpaired) electrons. The Morgan fingerprint density at radius 2 is 2.00 bits per heavy atom. The van der Waals surface area contributed by atoms with Crippen LogP contribution in [0.5, 0.6) is 0 Å². The highest BCUT2D eigenvalue weighted by molar-refractivity contribution is 9.10. The summed E-state index contributed by atoms with van der Waals surface area (Å²) < 4.78 is 0.974. The van der Waals surface area contributed by atoms with Crippen molar-refractivity contribution in [2.75, 3.05) is 13.6 Å². The maximum absolute atomic E-state index is 12.2. The molecule has 0 spiro atoms. The number of benzene rings is 1. The third-order valence-electron chi connectivity index (χ3n) is 3.01. The maximum Gasteiger partial charge on any atom is 0.323 e. The van der Waals surface area contributed by atoms with Crippen LogP contribution in [-0.4, -0.2) is 35.5 Å². The molecule has 0 saturated carbocycles. The summed E-state index contributed by atoms with van der Waals surface area (Å²) in [7, 11) is 1.53. The smallest absolute Gasteiger partial charge is 0.323 e. The van der Waals surface area contributed by atoms with Gasteiger partial charge in [-0.3, -0.25) is 9.59 Å². The SMILES string of the molecule is CCC(Cc1ccccc1Br)C(=O)N(C)CC(=O)O. The van der Waals surface area contributed by atoms with Gasteiger partial charge in [0.05, 0.1) is 0 Å². The third kappa shape index (κ3) is 4.67. The predicted octanol–water partition coefficient (Wildman–Crippen LogP) is 2.56. The number of hydrogen-bond acceptors (Lipinski definition) is 2. The molecule has 1 rings (SSSR count). The summed E-state index contributed by atoms with van der Waals surface area (Å²) in [4.78, 5) is 24.1. The highest BCUT2D eigenvalue weighted by Crippen LogP contribution is 2.22. The molecular weight excluding hydrogens is 310 g/mol. The monoisotopic (exact) mass is 327 g/mol. The number of carbonyl (C=O) groups is 2. The lowest BCUT2D eigenvalue weighted by Gasteiger charge is -2.22. The molecule has 0 fully saturated rings. The Kier molecular flexibility index (Phi) is 6.02. The second-order valence-electron chi connectivity index (χ2n) is 4.49. The van der Waals surface area contributed by atoms with E-state index in [9.17, 15) is 9.59 Å². The summed E-state index contributed by atoms with van der Waals surface area (Å²) in [5.41, 5.74) is 1.06. The van der Waals surface area contributed by atoms with Gasteiger partial charge in [0.25, 0.3) is 0 Å². The molecule has 1 unspecified atom stereocenters. The highest BCUT2D eigenvalue weighted by atomic mass is 79.9. The number of likely N-dealkylation sites (N-methyl/N-ethyl adjacent to an activating group) is 1. The van der Waals surface area contributed by atoms with Crippen LogP contribution in [0.25, 0.3) is 0 Å². The molecule has 104 valence electrons. The van der Waals surface area contributed by atoms with E-state index < -0.39 is 5.97 Å². The number of halogens is 1. The van der Waals surface area contributed by atoms with Gasteiger partial charge >= 0.3 is 5.97 Å². The Bertz CT molecular complexity index is 462. The first kappa shape index (κ1) is 15.7. The van der Waals surface area contributed by atoms with Crippen molar-refractivity contribution in [1.82, 2.24) is 4.90 Å². The lowest BCUT2D eigenvalue weighted by Crippen LogP contribution is -2.37. The Labute approximate surface area is 121 Å². The average Bonchev–Trinajstić information content (AvgIpc) is 2.36. The highest BCUT2D eigenvalue weighted by Gasteiger charge is 2.22. The molecule has 19 heavy (non-hydrogen) atoms. The zero-order valence-electron chi connectivity index (χ0n) is 11.1. The van der Waals surface area contributed by atoms with Crippen LogP contribution in [0, 0.1) is 5.92 Å². The van der Waals surface area contributed by atoms with Crippen LogP contribution in [-0.2, 0) is 16.0 Å². The molecule has 4 nitrogen and oxygen atoms in total. The van der Waals surface area contributed by atoms with E-state index in [2.05, 4.69) is 15.9 Å². The number of carboxylic acids is 1. The summed E-state index contributed by atoms with van der Waals surface area (Å²) in [6.07, 6.45) is 1.30. The van der Waals surface area contributed by atoms with E-state index in [1.165, 1.54) is 11.9 Å². The number of amides is 1. The zero-order chi connectivity index (χ0) is 14.4. The maximum atomic E-state index is 12.2. The summed E-state index contributed by atoms with van der Waals surface area (Å²) >= 11 is 3.46. The number of carbonyl (C=O) groups excluding carboxylic acids is 1. The van der Waals surface area contributed by atoms with Gasteiger partial charge in [-0.05, 0) is 24.5 Å². The van der Waals surface area contributed by atoms with Gasteiger partial charge in [0.15, 0.2) is 0 Å². The van der Waals surface area contributed by atoms with Gasteiger partial charge in [-0.15, -0.1) is 0 Å². The van der Waals surface area contributed by atoms with Gasteiger partial charge in [0.2, 0.25) is 5.91 Å². The van der Waals surface area contributed by atoms with Crippen LogP contribution < -0.4 is 0 Å². The molecule has 0 heterocycles.